The monoisotopic (exact) mass is 446 g/mol. The lowest BCUT2D eigenvalue weighted by atomic mass is 10.0. The third-order valence-corrected chi connectivity index (χ3v) is 16.0. The molecule has 0 aliphatic heterocycles. The highest BCUT2D eigenvalue weighted by molar-refractivity contribution is 6.75. The summed E-state index contributed by atoms with van der Waals surface area (Å²) in [4.78, 5) is 12.3. The van der Waals surface area contributed by atoms with Gasteiger partial charge in [-0.3, -0.25) is 0 Å². The summed E-state index contributed by atoms with van der Waals surface area (Å²) in [6.07, 6.45) is 0. The standard InChI is InChI=1S/C24H38O4Si2/c1-8-29(9-2,10-3)27-22-17-21(24(25)26)23(28-30(11-4,12-5)13-6)19-15-14-18(7)16-20(19)22/h14-17H,8-13H2,1-7H3,(H,25,26). The summed E-state index contributed by atoms with van der Waals surface area (Å²) in [5, 5.41) is 11.9. The first-order valence-corrected chi connectivity index (χ1v) is 16.5. The minimum Gasteiger partial charge on any atom is -0.543 e. The van der Waals surface area contributed by atoms with Crippen LogP contribution in [0, 0.1) is 6.92 Å². The lowest BCUT2D eigenvalue weighted by Gasteiger charge is -2.32. The van der Waals surface area contributed by atoms with Gasteiger partial charge in [0.25, 0.3) is 16.6 Å². The normalized spacial score (nSPS) is 12.2. The van der Waals surface area contributed by atoms with Crippen LogP contribution in [0.1, 0.15) is 57.5 Å². The first kappa shape index (κ1) is 24.5. The maximum absolute atomic E-state index is 12.3. The fourth-order valence-corrected chi connectivity index (χ4v) is 9.37. The van der Waals surface area contributed by atoms with E-state index in [-0.39, 0.29) is 5.56 Å². The number of carbonyl (C=O) groups is 1. The molecule has 0 spiro atoms. The Labute approximate surface area is 183 Å². The molecule has 2 rings (SSSR count). The minimum absolute atomic E-state index is 0.222. The second kappa shape index (κ2) is 10.0. The second-order valence-corrected chi connectivity index (χ2v) is 17.7. The summed E-state index contributed by atoms with van der Waals surface area (Å²) in [6, 6.07) is 13.8. The van der Waals surface area contributed by atoms with E-state index in [0.29, 0.717) is 11.5 Å². The van der Waals surface area contributed by atoms with E-state index in [1.54, 1.807) is 6.07 Å². The Bertz CT molecular complexity index is 870. The van der Waals surface area contributed by atoms with Crippen LogP contribution in [0.3, 0.4) is 0 Å². The highest BCUT2D eigenvalue weighted by Crippen LogP contribution is 2.41. The summed E-state index contributed by atoms with van der Waals surface area (Å²) in [7, 11) is -4.01. The summed E-state index contributed by atoms with van der Waals surface area (Å²) in [5.74, 6) is 0.270. The van der Waals surface area contributed by atoms with Crippen molar-refractivity contribution in [2.45, 2.75) is 84.7 Å². The molecule has 0 atom stereocenters. The summed E-state index contributed by atoms with van der Waals surface area (Å²) in [5.41, 5.74) is 1.35. The Kier molecular flexibility index (Phi) is 8.16. The molecule has 0 bridgehead atoms. The molecule has 0 heterocycles. The predicted molar refractivity (Wildman–Crippen MR) is 131 cm³/mol. The predicted octanol–water partition coefficient (Wildman–Crippen LogP) is 7.61. The van der Waals surface area contributed by atoms with Crippen molar-refractivity contribution < 1.29 is 18.8 Å². The molecule has 0 aliphatic carbocycles. The van der Waals surface area contributed by atoms with Gasteiger partial charge in [0.05, 0.1) is 0 Å². The quantitative estimate of drug-likeness (QED) is 0.361. The van der Waals surface area contributed by atoms with Gasteiger partial charge in [-0.15, -0.1) is 0 Å². The minimum atomic E-state index is -2.05. The van der Waals surface area contributed by atoms with Crippen LogP contribution >= 0.6 is 0 Å². The van der Waals surface area contributed by atoms with E-state index in [1.165, 1.54) is 0 Å². The van der Waals surface area contributed by atoms with Gasteiger partial charge in [-0.2, -0.15) is 0 Å². The van der Waals surface area contributed by atoms with E-state index in [1.807, 2.05) is 12.1 Å². The van der Waals surface area contributed by atoms with Crippen molar-refractivity contribution >= 4 is 33.4 Å². The van der Waals surface area contributed by atoms with Gasteiger partial charge in [0.2, 0.25) is 0 Å². The van der Waals surface area contributed by atoms with Crippen molar-refractivity contribution in [3.05, 3.63) is 35.4 Å². The highest BCUT2D eigenvalue weighted by Gasteiger charge is 2.35. The fraction of sp³-hybridized carbons (Fsp3) is 0.542. The largest absolute Gasteiger partial charge is 0.543 e. The summed E-state index contributed by atoms with van der Waals surface area (Å²) >= 11 is 0. The molecule has 166 valence electrons. The number of hydrogen-bond donors (Lipinski definition) is 1. The topological polar surface area (TPSA) is 55.8 Å². The molecule has 1 N–H and O–H groups in total. The lowest BCUT2D eigenvalue weighted by molar-refractivity contribution is 0.0694. The smallest absolute Gasteiger partial charge is 0.339 e. The Balaban J connectivity index is 2.81. The molecule has 0 aliphatic rings. The lowest BCUT2D eigenvalue weighted by Crippen LogP contribution is -2.40. The Morgan fingerprint density at radius 2 is 1.30 bits per heavy atom. The van der Waals surface area contributed by atoms with Crippen LogP contribution in [0.5, 0.6) is 11.5 Å². The third kappa shape index (κ3) is 4.75. The number of carboxylic acid groups (broad SMARTS) is 1. The van der Waals surface area contributed by atoms with Crippen LogP contribution in [-0.4, -0.2) is 27.7 Å². The van der Waals surface area contributed by atoms with Crippen molar-refractivity contribution in [2.24, 2.45) is 0 Å². The van der Waals surface area contributed by atoms with Gasteiger partial charge in [0.15, 0.2) is 0 Å². The highest BCUT2D eigenvalue weighted by atomic mass is 28.4. The maximum atomic E-state index is 12.3. The molecule has 2 aromatic rings. The van der Waals surface area contributed by atoms with Crippen molar-refractivity contribution in [1.29, 1.82) is 0 Å². The Morgan fingerprint density at radius 1 is 0.800 bits per heavy atom. The molecule has 0 amide bonds. The SMILES string of the molecule is CC[Si](CC)(CC)Oc1cc(C(=O)O)c(O[Si](CC)(CC)CC)c2ccc(C)cc12. The van der Waals surface area contributed by atoms with E-state index in [4.69, 9.17) is 8.85 Å². The molecule has 2 aromatic carbocycles. The van der Waals surface area contributed by atoms with E-state index < -0.39 is 22.6 Å². The van der Waals surface area contributed by atoms with Crippen molar-refractivity contribution in [3.8, 4) is 11.5 Å². The van der Waals surface area contributed by atoms with Gasteiger partial charge in [0.1, 0.15) is 17.1 Å². The van der Waals surface area contributed by atoms with E-state index in [0.717, 1.165) is 52.6 Å². The average molecular weight is 447 g/mol. The average Bonchev–Trinajstić information content (AvgIpc) is 2.76. The van der Waals surface area contributed by atoms with Crippen LogP contribution in [0.15, 0.2) is 24.3 Å². The van der Waals surface area contributed by atoms with Crippen molar-refractivity contribution in [3.63, 3.8) is 0 Å². The molecule has 0 aromatic heterocycles. The molecule has 6 heteroatoms. The van der Waals surface area contributed by atoms with Gasteiger partial charge >= 0.3 is 5.97 Å². The van der Waals surface area contributed by atoms with Gasteiger partial charge in [0, 0.05) is 10.8 Å². The van der Waals surface area contributed by atoms with Crippen LogP contribution < -0.4 is 8.85 Å². The Hall–Kier alpha value is -1.80. The second-order valence-electron chi connectivity index (χ2n) is 8.30. The molecule has 4 nitrogen and oxygen atoms in total. The van der Waals surface area contributed by atoms with E-state index >= 15 is 0 Å². The number of rotatable bonds is 11. The van der Waals surface area contributed by atoms with Crippen LogP contribution in [-0.2, 0) is 0 Å². The molecular weight excluding hydrogens is 408 g/mol. The zero-order chi connectivity index (χ0) is 22.5. The molecule has 30 heavy (non-hydrogen) atoms. The van der Waals surface area contributed by atoms with Crippen molar-refractivity contribution in [2.75, 3.05) is 0 Å². The van der Waals surface area contributed by atoms with Crippen LogP contribution in [0.2, 0.25) is 36.3 Å². The van der Waals surface area contributed by atoms with Gasteiger partial charge in [-0.25, -0.2) is 4.79 Å². The summed E-state index contributed by atoms with van der Waals surface area (Å²) < 4.78 is 13.4. The first-order chi connectivity index (χ1) is 14.2. The zero-order valence-corrected chi connectivity index (χ0v) is 21.7. The number of benzene rings is 2. The molecule has 0 fully saturated rings. The third-order valence-electron chi connectivity index (χ3n) is 6.95. The van der Waals surface area contributed by atoms with Crippen LogP contribution in [0.4, 0.5) is 0 Å². The van der Waals surface area contributed by atoms with E-state index in [9.17, 15) is 9.90 Å². The van der Waals surface area contributed by atoms with E-state index in [2.05, 4.69) is 54.5 Å². The number of aryl methyl sites for hydroxylation is 1. The van der Waals surface area contributed by atoms with Gasteiger partial charge < -0.3 is 14.0 Å². The molecule has 0 unspecified atom stereocenters. The Morgan fingerprint density at radius 3 is 1.77 bits per heavy atom. The van der Waals surface area contributed by atoms with Gasteiger partial charge in [-0.05, 0) is 55.3 Å². The zero-order valence-electron chi connectivity index (χ0n) is 19.7. The number of hydrogen-bond acceptors (Lipinski definition) is 3. The van der Waals surface area contributed by atoms with Crippen molar-refractivity contribution in [1.82, 2.24) is 0 Å². The summed E-state index contributed by atoms with van der Waals surface area (Å²) in [6.45, 7) is 15.1. The molecular formula is C24H38O4Si2. The number of carboxylic acids is 1. The maximum Gasteiger partial charge on any atom is 0.339 e. The molecule has 0 radical (unpaired) electrons. The molecule has 0 saturated heterocycles. The number of aromatic carboxylic acids is 1. The fourth-order valence-electron chi connectivity index (χ4n) is 4.22. The first-order valence-electron chi connectivity index (χ1n) is 11.4. The molecule has 0 saturated carbocycles. The van der Waals surface area contributed by atoms with Gasteiger partial charge in [-0.1, -0.05) is 59.2 Å². The number of fused-ring (bicyclic) bond motifs is 1. The van der Waals surface area contributed by atoms with Crippen LogP contribution in [0.25, 0.3) is 10.8 Å².